The highest BCUT2D eigenvalue weighted by molar-refractivity contribution is 6.21. The molecule has 0 unspecified atom stereocenters. The first-order valence-corrected chi connectivity index (χ1v) is 10.2. The van der Waals surface area contributed by atoms with Crippen molar-refractivity contribution in [2.45, 2.75) is 26.7 Å². The van der Waals surface area contributed by atoms with Crippen molar-refractivity contribution in [1.82, 2.24) is 4.98 Å². The average molecular weight is 364 g/mol. The van der Waals surface area contributed by atoms with Gasteiger partial charge in [0, 0.05) is 34.3 Å². The van der Waals surface area contributed by atoms with Gasteiger partial charge in [-0.2, -0.15) is 0 Å². The zero-order valence-corrected chi connectivity index (χ0v) is 16.5. The standard InChI is InChI=1S/C23H27N3O/c1-23(2)13-15-12-18(26-10-8-25(3)9-11-26)22-21(20(15)19(27)14-23)16-6-4-5-7-17(16)24-22/h4-7,12,24H,8-11,13-14H2,1-3H3/p+2. The first-order valence-electron chi connectivity index (χ1n) is 10.2. The molecule has 2 aromatic carbocycles. The summed E-state index contributed by atoms with van der Waals surface area (Å²) in [4.78, 5) is 20.0. The van der Waals surface area contributed by atoms with Crippen molar-refractivity contribution in [3.05, 3.63) is 41.5 Å². The van der Waals surface area contributed by atoms with E-state index in [1.54, 1.807) is 9.80 Å². The highest BCUT2D eigenvalue weighted by Gasteiger charge is 2.36. The Labute approximate surface area is 160 Å². The fraction of sp³-hybridized carbons (Fsp3) is 0.435. The maximum absolute atomic E-state index is 13.2. The molecule has 4 heteroatoms. The second-order valence-corrected chi connectivity index (χ2v) is 9.38. The number of ketones is 1. The highest BCUT2D eigenvalue weighted by atomic mass is 16.1. The number of carbonyl (C=O) groups excluding carboxylic acids is 1. The van der Waals surface area contributed by atoms with Crippen LogP contribution in [0.2, 0.25) is 0 Å². The van der Waals surface area contributed by atoms with Crippen molar-refractivity contribution in [2.24, 2.45) is 5.41 Å². The number of nitrogens with one attached hydrogen (secondary N) is 3. The van der Waals surface area contributed by atoms with Gasteiger partial charge < -0.3 is 9.88 Å². The smallest absolute Gasteiger partial charge is 0.164 e. The van der Waals surface area contributed by atoms with Crippen molar-refractivity contribution in [2.75, 3.05) is 33.2 Å². The van der Waals surface area contributed by atoms with Gasteiger partial charge in [-0.3, -0.25) is 9.69 Å². The summed E-state index contributed by atoms with van der Waals surface area (Å²) in [7, 11) is 2.28. The van der Waals surface area contributed by atoms with Crippen LogP contribution in [0.5, 0.6) is 0 Å². The van der Waals surface area contributed by atoms with Crippen molar-refractivity contribution >= 4 is 33.3 Å². The number of aromatic amines is 1. The summed E-state index contributed by atoms with van der Waals surface area (Å²) in [5.41, 5.74) is 5.95. The maximum atomic E-state index is 13.2. The van der Waals surface area contributed by atoms with Crippen LogP contribution in [0.4, 0.5) is 5.69 Å². The van der Waals surface area contributed by atoms with Gasteiger partial charge in [-0.05, 0) is 23.5 Å². The molecule has 1 saturated heterocycles. The molecule has 0 amide bonds. The van der Waals surface area contributed by atoms with Crippen LogP contribution in [0.3, 0.4) is 0 Å². The van der Waals surface area contributed by atoms with Crippen LogP contribution >= 0.6 is 0 Å². The van der Waals surface area contributed by atoms with Gasteiger partial charge in [0.2, 0.25) is 0 Å². The van der Waals surface area contributed by atoms with E-state index in [0.29, 0.717) is 12.2 Å². The third kappa shape index (κ3) is 2.70. The Kier molecular flexibility index (Phi) is 3.72. The van der Waals surface area contributed by atoms with Crippen LogP contribution in [0.15, 0.2) is 30.3 Å². The molecule has 0 bridgehead atoms. The molecule has 3 N–H and O–H groups in total. The molecule has 2 heterocycles. The third-order valence-corrected chi connectivity index (χ3v) is 6.54. The maximum Gasteiger partial charge on any atom is 0.164 e. The quantitative estimate of drug-likeness (QED) is 0.603. The lowest BCUT2D eigenvalue weighted by Crippen LogP contribution is -3.25. The number of hydrogen-bond acceptors (Lipinski definition) is 1. The molecule has 2 aliphatic rings. The number of piperazine rings is 1. The molecule has 140 valence electrons. The van der Waals surface area contributed by atoms with E-state index in [0.717, 1.165) is 36.0 Å². The lowest BCUT2D eigenvalue weighted by atomic mass is 9.72. The molecule has 1 aliphatic carbocycles. The van der Waals surface area contributed by atoms with Crippen LogP contribution in [0.1, 0.15) is 36.2 Å². The molecule has 4 nitrogen and oxygen atoms in total. The zero-order valence-electron chi connectivity index (χ0n) is 16.5. The van der Waals surface area contributed by atoms with E-state index in [1.165, 1.54) is 35.2 Å². The molecular formula is C23H29N3O+2. The Balaban J connectivity index is 1.81. The minimum Gasteiger partial charge on any atom is -0.350 e. The molecule has 0 spiro atoms. The Bertz CT molecular complexity index is 1050. The number of likely N-dealkylation sites (N-methyl/N-ethyl adjacent to an activating group) is 1. The molecule has 0 atom stereocenters. The molecule has 1 aromatic heterocycles. The Morgan fingerprint density at radius 1 is 1.04 bits per heavy atom. The van der Waals surface area contributed by atoms with Gasteiger partial charge in [-0.1, -0.05) is 32.0 Å². The summed E-state index contributed by atoms with van der Waals surface area (Å²) < 4.78 is 0. The fourth-order valence-electron chi connectivity index (χ4n) is 5.17. The van der Waals surface area contributed by atoms with Gasteiger partial charge in [-0.25, -0.2) is 0 Å². The van der Waals surface area contributed by atoms with Gasteiger partial charge in [0.1, 0.15) is 31.7 Å². The van der Waals surface area contributed by atoms with Crippen LogP contribution in [-0.4, -0.2) is 44.0 Å². The van der Waals surface area contributed by atoms with Crippen molar-refractivity contribution in [3.8, 4) is 0 Å². The Morgan fingerprint density at radius 3 is 2.56 bits per heavy atom. The molecule has 5 rings (SSSR count). The average Bonchev–Trinajstić information content (AvgIpc) is 3.00. The first kappa shape index (κ1) is 17.0. The third-order valence-electron chi connectivity index (χ3n) is 6.54. The monoisotopic (exact) mass is 363 g/mol. The van der Waals surface area contributed by atoms with E-state index in [2.05, 4.69) is 56.2 Å². The number of aromatic nitrogens is 1. The molecule has 0 saturated carbocycles. The van der Waals surface area contributed by atoms with Crippen molar-refractivity contribution in [3.63, 3.8) is 0 Å². The minimum absolute atomic E-state index is 0.0444. The summed E-state index contributed by atoms with van der Waals surface area (Å²) in [5, 5.41) is 2.36. The predicted octanol–water partition coefficient (Wildman–Crippen LogP) is 1.52. The zero-order chi connectivity index (χ0) is 18.8. The number of quaternary nitrogens is 2. The van der Waals surface area contributed by atoms with E-state index in [9.17, 15) is 4.79 Å². The van der Waals surface area contributed by atoms with Crippen LogP contribution in [0, 0.1) is 5.41 Å². The number of rotatable bonds is 1. The SMILES string of the molecule is C[NH+]1CC[NH+](c2cc3c(c4c2[nH]c2ccccc24)C(=O)CC(C)(C)C3)CC1. The second-order valence-electron chi connectivity index (χ2n) is 9.38. The second kappa shape index (κ2) is 5.91. The molecular weight excluding hydrogens is 334 g/mol. The van der Waals surface area contributed by atoms with Crippen molar-refractivity contribution < 1.29 is 14.6 Å². The summed E-state index contributed by atoms with van der Waals surface area (Å²) in [5.74, 6) is 0.306. The lowest BCUT2D eigenvalue weighted by Gasteiger charge is -2.32. The minimum atomic E-state index is 0.0444. The highest BCUT2D eigenvalue weighted by Crippen LogP contribution is 2.42. The van der Waals surface area contributed by atoms with E-state index in [1.807, 2.05) is 0 Å². The van der Waals surface area contributed by atoms with Crippen LogP contribution in [0.25, 0.3) is 21.8 Å². The topological polar surface area (TPSA) is 41.7 Å². The largest absolute Gasteiger partial charge is 0.350 e. The van der Waals surface area contributed by atoms with E-state index >= 15 is 0 Å². The summed E-state index contributed by atoms with van der Waals surface area (Å²) in [6, 6.07) is 10.8. The number of H-pyrrole nitrogens is 1. The Morgan fingerprint density at radius 2 is 1.78 bits per heavy atom. The molecule has 1 aliphatic heterocycles. The summed E-state index contributed by atoms with van der Waals surface area (Å²) in [6.07, 6.45) is 1.62. The van der Waals surface area contributed by atoms with Crippen LogP contribution in [-0.2, 0) is 6.42 Å². The summed E-state index contributed by atoms with van der Waals surface area (Å²) >= 11 is 0. The van der Waals surface area contributed by atoms with Gasteiger partial charge in [0.05, 0.1) is 7.05 Å². The number of fused-ring (bicyclic) bond motifs is 5. The predicted molar refractivity (Wildman–Crippen MR) is 109 cm³/mol. The molecule has 3 aromatic rings. The summed E-state index contributed by atoms with van der Waals surface area (Å²) in [6.45, 7) is 9.12. The molecule has 1 fully saturated rings. The van der Waals surface area contributed by atoms with Gasteiger partial charge in [0.15, 0.2) is 11.5 Å². The number of Topliss-reactive ketones (excluding diaryl/α,β-unsaturated/α-hetero) is 1. The van der Waals surface area contributed by atoms with E-state index < -0.39 is 0 Å². The fourth-order valence-corrected chi connectivity index (χ4v) is 5.17. The number of benzene rings is 2. The molecule has 27 heavy (non-hydrogen) atoms. The van der Waals surface area contributed by atoms with Crippen molar-refractivity contribution in [1.29, 1.82) is 0 Å². The van der Waals surface area contributed by atoms with Gasteiger partial charge in [-0.15, -0.1) is 0 Å². The normalized spacial score (nSPS) is 25.1. The molecule has 0 radical (unpaired) electrons. The van der Waals surface area contributed by atoms with Crippen LogP contribution < -0.4 is 9.80 Å². The lowest BCUT2D eigenvalue weighted by molar-refractivity contribution is -0.974. The number of carbonyl (C=O) groups is 1. The Hall–Kier alpha value is -2.17. The van der Waals surface area contributed by atoms with Gasteiger partial charge >= 0.3 is 0 Å². The van der Waals surface area contributed by atoms with E-state index in [-0.39, 0.29) is 5.41 Å². The van der Waals surface area contributed by atoms with Gasteiger partial charge in [0.25, 0.3) is 0 Å². The number of para-hydroxylation sites is 1. The first-order chi connectivity index (χ1) is 12.9. The van der Waals surface area contributed by atoms with E-state index in [4.69, 9.17) is 0 Å². The number of hydrogen-bond donors (Lipinski definition) is 3.